The maximum absolute atomic E-state index is 13.0. The second-order valence-electron chi connectivity index (χ2n) is 8.99. The molecule has 4 atom stereocenters. The second-order valence-corrected chi connectivity index (χ2v) is 11.0. The van der Waals surface area contributed by atoms with Gasteiger partial charge in [0.2, 0.25) is 10.0 Å². The summed E-state index contributed by atoms with van der Waals surface area (Å²) in [6, 6.07) is 1.99. The molecule has 2 heterocycles. The zero-order valence-corrected chi connectivity index (χ0v) is 18.1. The predicted octanol–water partition coefficient (Wildman–Crippen LogP) is 1.85. The first-order chi connectivity index (χ1) is 13.9. The first-order valence-electron chi connectivity index (χ1n) is 10.8. The number of hydrogen-bond donors (Lipinski definition) is 2. The lowest BCUT2D eigenvalue weighted by Gasteiger charge is -2.37. The average Bonchev–Trinajstić information content (AvgIpc) is 3.23. The smallest absolute Gasteiger partial charge is 0.273 e. The Morgan fingerprint density at radius 1 is 1.21 bits per heavy atom. The monoisotopic (exact) mass is 424 g/mol. The zero-order valence-electron chi connectivity index (χ0n) is 17.3. The van der Waals surface area contributed by atoms with E-state index in [1.54, 1.807) is 10.4 Å². The van der Waals surface area contributed by atoms with Crippen LogP contribution >= 0.6 is 0 Å². The van der Waals surface area contributed by atoms with Gasteiger partial charge >= 0.3 is 0 Å². The Hall–Kier alpha value is -1.45. The lowest BCUT2D eigenvalue weighted by Crippen LogP contribution is -2.51. The molecule has 9 heteroatoms. The Labute approximate surface area is 172 Å². The first kappa shape index (κ1) is 20.8. The van der Waals surface area contributed by atoms with Crippen molar-refractivity contribution in [3.63, 3.8) is 0 Å². The number of amides is 1. The normalized spacial score (nSPS) is 31.1. The van der Waals surface area contributed by atoms with Crippen molar-refractivity contribution in [3.05, 3.63) is 17.5 Å². The molecule has 4 rings (SSSR count). The van der Waals surface area contributed by atoms with Gasteiger partial charge in [-0.3, -0.25) is 4.79 Å². The highest BCUT2D eigenvalue weighted by Gasteiger charge is 2.37. The van der Waals surface area contributed by atoms with E-state index in [0.717, 1.165) is 37.9 Å². The molecule has 0 spiro atoms. The van der Waals surface area contributed by atoms with Crippen molar-refractivity contribution in [2.24, 2.45) is 5.92 Å². The molecule has 0 bridgehead atoms. The van der Waals surface area contributed by atoms with Gasteiger partial charge in [0.25, 0.3) is 5.91 Å². The fourth-order valence-electron chi connectivity index (χ4n) is 4.79. The number of aromatic nitrogens is 1. The topological polar surface area (TPSA) is 105 Å². The van der Waals surface area contributed by atoms with Gasteiger partial charge in [-0.05, 0) is 64.8 Å². The van der Waals surface area contributed by atoms with Gasteiger partial charge in [-0.2, -0.15) is 4.31 Å². The Morgan fingerprint density at radius 3 is 2.66 bits per heavy atom. The fraction of sp³-hybridized carbons (Fsp3) is 0.800. The standard InChI is InChI=1S/C20H32N4O4S/c1-13-9-17(22-20(25)18-11-19(28-23-18)15-4-5-15)7-8-24(13)29(26,27)12-14-3-6-16(10-14)21-2/h11,13-17,21H,3-10,12H2,1-2H3,(H,22,25)/t13-,14?,16?,17-/m0/s1. The number of hydrogen-bond acceptors (Lipinski definition) is 6. The van der Waals surface area contributed by atoms with Gasteiger partial charge in [0.15, 0.2) is 5.69 Å². The van der Waals surface area contributed by atoms with E-state index in [-0.39, 0.29) is 29.7 Å². The molecule has 2 unspecified atom stereocenters. The van der Waals surface area contributed by atoms with E-state index < -0.39 is 10.0 Å². The van der Waals surface area contributed by atoms with Gasteiger partial charge in [0.1, 0.15) is 5.76 Å². The summed E-state index contributed by atoms with van der Waals surface area (Å²) in [7, 11) is -1.35. The molecule has 1 aromatic heterocycles. The Bertz CT molecular complexity index is 835. The molecule has 0 aromatic carbocycles. The third-order valence-corrected chi connectivity index (χ3v) is 8.79. The van der Waals surface area contributed by atoms with Crippen LogP contribution in [0, 0.1) is 5.92 Å². The molecule has 1 aromatic rings. The quantitative estimate of drug-likeness (QED) is 0.692. The molecule has 3 aliphatic rings. The van der Waals surface area contributed by atoms with E-state index in [2.05, 4.69) is 15.8 Å². The minimum atomic E-state index is -3.29. The fourth-order valence-corrected chi connectivity index (χ4v) is 6.90. The van der Waals surface area contributed by atoms with Crippen LogP contribution in [0.1, 0.15) is 74.0 Å². The summed E-state index contributed by atoms with van der Waals surface area (Å²) >= 11 is 0. The van der Waals surface area contributed by atoms with Crippen LogP contribution in [0.3, 0.4) is 0 Å². The number of carbonyl (C=O) groups is 1. The number of nitrogens with one attached hydrogen (secondary N) is 2. The largest absolute Gasteiger partial charge is 0.360 e. The van der Waals surface area contributed by atoms with Gasteiger partial charge in [0, 0.05) is 36.7 Å². The Kier molecular flexibility index (Phi) is 5.99. The van der Waals surface area contributed by atoms with E-state index in [9.17, 15) is 13.2 Å². The minimum absolute atomic E-state index is 0.0508. The molecule has 8 nitrogen and oxygen atoms in total. The number of rotatable bonds is 7. The number of nitrogens with zero attached hydrogens (tertiary/aromatic N) is 2. The van der Waals surface area contributed by atoms with Gasteiger partial charge < -0.3 is 15.2 Å². The van der Waals surface area contributed by atoms with E-state index in [4.69, 9.17) is 4.52 Å². The third kappa shape index (κ3) is 4.83. The summed E-state index contributed by atoms with van der Waals surface area (Å²) in [6.07, 6.45) is 6.36. The van der Waals surface area contributed by atoms with Crippen LogP contribution < -0.4 is 10.6 Å². The highest BCUT2D eigenvalue weighted by Crippen LogP contribution is 2.40. The van der Waals surface area contributed by atoms with Crippen molar-refractivity contribution in [1.29, 1.82) is 0 Å². The van der Waals surface area contributed by atoms with Crippen LogP contribution in [0.25, 0.3) is 0 Å². The van der Waals surface area contributed by atoms with Gasteiger partial charge in [-0.25, -0.2) is 8.42 Å². The summed E-state index contributed by atoms with van der Waals surface area (Å²) < 4.78 is 32.8. The molecular formula is C20H32N4O4S. The zero-order chi connectivity index (χ0) is 20.6. The third-order valence-electron chi connectivity index (χ3n) is 6.64. The van der Waals surface area contributed by atoms with E-state index >= 15 is 0 Å². The first-order valence-corrected chi connectivity index (χ1v) is 12.4. The summed E-state index contributed by atoms with van der Waals surface area (Å²) in [6.45, 7) is 2.38. The summed E-state index contributed by atoms with van der Waals surface area (Å²) in [4.78, 5) is 12.5. The molecule has 1 aliphatic heterocycles. The molecule has 2 N–H and O–H groups in total. The minimum Gasteiger partial charge on any atom is -0.360 e. The van der Waals surface area contributed by atoms with Crippen molar-refractivity contribution in [2.75, 3.05) is 19.3 Å². The van der Waals surface area contributed by atoms with Crippen LogP contribution in [0.5, 0.6) is 0 Å². The summed E-state index contributed by atoms with van der Waals surface area (Å²) in [5.41, 5.74) is 0.315. The number of piperidine rings is 1. The molecule has 0 radical (unpaired) electrons. The van der Waals surface area contributed by atoms with E-state index in [1.165, 1.54) is 0 Å². The maximum atomic E-state index is 13.0. The highest BCUT2D eigenvalue weighted by molar-refractivity contribution is 7.89. The van der Waals surface area contributed by atoms with Crippen LogP contribution in [-0.4, -0.2) is 61.3 Å². The Morgan fingerprint density at radius 2 is 2.00 bits per heavy atom. The number of carbonyl (C=O) groups excluding carboxylic acids is 1. The van der Waals surface area contributed by atoms with Gasteiger partial charge in [0.05, 0.1) is 5.75 Å². The SMILES string of the molecule is CNC1CCC(CS(=O)(=O)N2CC[C@H](NC(=O)c3cc(C4CC4)on3)C[C@@H]2C)C1. The second kappa shape index (κ2) is 8.35. The van der Waals surface area contributed by atoms with E-state index in [1.807, 2.05) is 14.0 Å². The molecular weight excluding hydrogens is 392 g/mol. The van der Waals surface area contributed by atoms with Crippen LogP contribution in [0.4, 0.5) is 0 Å². The van der Waals surface area contributed by atoms with Gasteiger partial charge in [-0.1, -0.05) is 5.16 Å². The maximum Gasteiger partial charge on any atom is 0.273 e. The molecule has 29 heavy (non-hydrogen) atoms. The molecule has 1 saturated heterocycles. The molecule has 1 amide bonds. The van der Waals surface area contributed by atoms with Crippen molar-refractivity contribution in [1.82, 2.24) is 20.1 Å². The molecule has 2 saturated carbocycles. The Balaban J connectivity index is 1.29. The predicted molar refractivity (Wildman–Crippen MR) is 109 cm³/mol. The lowest BCUT2D eigenvalue weighted by molar-refractivity contribution is 0.0905. The van der Waals surface area contributed by atoms with Crippen LogP contribution in [0.2, 0.25) is 0 Å². The summed E-state index contributed by atoms with van der Waals surface area (Å²) in [5, 5.41) is 10.1. The molecule has 162 valence electrons. The average molecular weight is 425 g/mol. The lowest BCUT2D eigenvalue weighted by atomic mass is 10.0. The number of sulfonamides is 1. The van der Waals surface area contributed by atoms with Crippen LogP contribution in [0.15, 0.2) is 10.6 Å². The van der Waals surface area contributed by atoms with Crippen molar-refractivity contribution in [2.45, 2.75) is 75.9 Å². The van der Waals surface area contributed by atoms with E-state index in [0.29, 0.717) is 37.0 Å². The molecule has 3 fully saturated rings. The molecule has 2 aliphatic carbocycles. The van der Waals surface area contributed by atoms with Crippen molar-refractivity contribution in [3.8, 4) is 0 Å². The van der Waals surface area contributed by atoms with Crippen molar-refractivity contribution < 1.29 is 17.7 Å². The van der Waals surface area contributed by atoms with Crippen LogP contribution in [-0.2, 0) is 10.0 Å². The summed E-state index contributed by atoms with van der Waals surface area (Å²) in [5.74, 6) is 1.43. The van der Waals surface area contributed by atoms with Crippen molar-refractivity contribution >= 4 is 15.9 Å². The highest BCUT2D eigenvalue weighted by atomic mass is 32.2. The van der Waals surface area contributed by atoms with Gasteiger partial charge in [-0.15, -0.1) is 0 Å².